The van der Waals surface area contributed by atoms with Gasteiger partial charge in [0.25, 0.3) is 0 Å². The van der Waals surface area contributed by atoms with Crippen molar-refractivity contribution < 1.29 is 0 Å². The van der Waals surface area contributed by atoms with E-state index in [4.69, 9.17) is 0 Å². The van der Waals surface area contributed by atoms with Gasteiger partial charge in [0.15, 0.2) is 0 Å². The Balaban J connectivity index is 2.39. The van der Waals surface area contributed by atoms with Gasteiger partial charge in [0.2, 0.25) is 0 Å². The Labute approximate surface area is 74.1 Å². The minimum atomic E-state index is 1.06. The topological polar surface area (TPSA) is 3.24 Å². The molecule has 0 N–H and O–H groups in total. The highest BCUT2D eigenvalue weighted by Crippen LogP contribution is 2.32. The van der Waals surface area contributed by atoms with E-state index in [0.29, 0.717) is 0 Å². The average Bonchev–Trinajstić information content (AvgIpc) is 2.07. The molecule has 1 aliphatic carbocycles. The van der Waals surface area contributed by atoms with Gasteiger partial charge in [-0.2, -0.15) is 0 Å². The van der Waals surface area contributed by atoms with Gasteiger partial charge in [-0.25, -0.2) is 0 Å². The van der Waals surface area contributed by atoms with Crippen LogP contribution in [0.4, 0.5) is 0 Å². The van der Waals surface area contributed by atoms with Gasteiger partial charge >= 0.3 is 0 Å². The first-order valence-electron chi connectivity index (χ1n) is 4.58. The summed E-state index contributed by atoms with van der Waals surface area (Å²) in [4.78, 5) is 2.33. The molecule has 0 fully saturated rings. The molecule has 64 valence electrons. The van der Waals surface area contributed by atoms with Crippen molar-refractivity contribution in [1.29, 1.82) is 0 Å². The standard InChI is InChI=1S/C11H15N/c1-9-5-3-7-11-10(9)6-4-8-12(11)2/h4,6H,1,3,5,7-8H2,2H3. The van der Waals surface area contributed by atoms with E-state index in [1.165, 1.54) is 36.1 Å². The van der Waals surface area contributed by atoms with Crippen molar-refractivity contribution in [3.63, 3.8) is 0 Å². The summed E-state index contributed by atoms with van der Waals surface area (Å²) in [6.07, 6.45) is 8.13. The fourth-order valence-corrected chi connectivity index (χ4v) is 1.99. The zero-order chi connectivity index (χ0) is 8.55. The van der Waals surface area contributed by atoms with Gasteiger partial charge < -0.3 is 4.90 Å². The van der Waals surface area contributed by atoms with Crippen molar-refractivity contribution in [3.05, 3.63) is 35.6 Å². The number of allylic oxidation sites excluding steroid dienone is 4. The first-order chi connectivity index (χ1) is 5.79. The van der Waals surface area contributed by atoms with Crippen molar-refractivity contribution >= 4 is 0 Å². The molecule has 0 amide bonds. The van der Waals surface area contributed by atoms with Gasteiger partial charge in [-0.15, -0.1) is 0 Å². The third-order valence-electron chi connectivity index (χ3n) is 2.71. The van der Waals surface area contributed by atoms with E-state index in [0.717, 1.165) is 6.54 Å². The second kappa shape index (κ2) is 2.81. The van der Waals surface area contributed by atoms with Crippen LogP contribution in [0.1, 0.15) is 19.3 Å². The van der Waals surface area contributed by atoms with Crippen molar-refractivity contribution in [2.24, 2.45) is 0 Å². The van der Waals surface area contributed by atoms with Crippen molar-refractivity contribution in [1.82, 2.24) is 4.90 Å². The van der Waals surface area contributed by atoms with E-state index >= 15 is 0 Å². The quantitative estimate of drug-likeness (QED) is 0.527. The Kier molecular flexibility index (Phi) is 1.80. The molecule has 0 aromatic heterocycles. The zero-order valence-electron chi connectivity index (χ0n) is 7.64. The fourth-order valence-electron chi connectivity index (χ4n) is 1.99. The number of nitrogens with zero attached hydrogens (tertiary/aromatic N) is 1. The van der Waals surface area contributed by atoms with Crippen LogP contribution in [0.5, 0.6) is 0 Å². The molecular weight excluding hydrogens is 146 g/mol. The summed E-state index contributed by atoms with van der Waals surface area (Å²) in [5, 5.41) is 0. The van der Waals surface area contributed by atoms with Crippen LogP contribution in [-0.4, -0.2) is 18.5 Å². The van der Waals surface area contributed by atoms with Crippen molar-refractivity contribution in [2.45, 2.75) is 19.3 Å². The van der Waals surface area contributed by atoms with E-state index in [1.807, 2.05) is 0 Å². The molecular formula is C11H15N. The summed E-state index contributed by atoms with van der Waals surface area (Å²) in [7, 11) is 2.16. The number of likely N-dealkylation sites (N-methyl/N-ethyl adjacent to an activating group) is 1. The van der Waals surface area contributed by atoms with Crippen LogP contribution in [-0.2, 0) is 0 Å². The molecule has 0 atom stereocenters. The molecule has 0 saturated carbocycles. The largest absolute Gasteiger partial charge is 0.374 e. The van der Waals surface area contributed by atoms with E-state index in [9.17, 15) is 0 Å². The summed E-state index contributed by atoms with van der Waals surface area (Å²) in [5.41, 5.74) is 4.21. The molecule has 0 saturated heterocycles. The molecule has 0 aromatic carbocycles. The van der Waals surface area contributed by atoms with Gasteiger partial charge in [-0.1, -0.05) is 18.7 Å². The molecule has 0 unspecified atom stereocenters. The highest BCUT2D eigenvalue weighted by Gasteiger charge is 2.18. The van der Waals surface area contributed by atoms with Crippen LogP contribution in [0.15, 0.2) is 35.6 Å². The zero-order valence-corrected chi connectivity index (χ0v) is 7.64. The van der Waals surface area contributed by atoms with E-state index in [2.05, 4.69) is 30.7 Å². The number of hydrogen-bond acceptors (Lipinski definition) is 1. The monoisotopic (exact) mass is 161 g/mol. The second-order valence-electron chi connectivity index (χ2n) is 3.60. The Hall–Kier alpha value is -0.980. The maximum absolute atomic E-state index is 4.10. The molecule has 1 nitrogen and oxygen atoms in total. The van der Waals surface area contributed by atoms with Crippen LogP contribution in [0.25, 0.3) is 0 Å². The lowest BCUT2D eigenvalue weighted by Gasteiger charge is -2.31. The minimum Gasteiger partial charge on any atom is -0.374 e. The lowest BCUT2D eigenvalue weighted by Crippen LogP contribution is -2.24. The maximum Gasteiger partial charge on any atom is 0.0356 e. The fraction of sp³-hybridized carbons (Fsp3) is 0.455. The molecule has 1 heterocycles. The average molecular weight is 161 g/mol. The molecule has 0 aromatic rings. The van der Waals surface area contributed by atoms with Gasteiger partial charge in [-0.3, -0.25) is 0 Å². The molecule has 1 heteroatoms. The van der Waals surface area contributed by atoms with Gasteiger partial charge in [0, 0.05) is 19.3 Å². The Morgan fingerprint density at radius 2 is 2.25 bits per heavy atom. The minimum absolute atomic E-state index is 1.06. The summed E-state index contributed by atoms with van der Waals surface area (Å²) in [6.45, 7) is 5.16. The van der Waals surface area contributed by atoms with Crippen LogP contribution in [0.3, 0.4) is 0 Å². The van der Waals surface area contributed by atoms with Gasteiger partial charge in [0.05, 0.1) is 0 Å². The molecule has 2 rings (SSSR count). The molecule has 1 aliphatic heterocycles. The highest BCUT2D eigenvalue weighted by molar-refractivity contribution is 5.45. The normalized spacial score (nSPS) is 23.1. The maximum atomic E-state index is 4.10. The smallest absolute Gasteiger partial charge is 0.0356 e. The number of rotatable bonds is 0. The second-order valence-corrected chi connectivity index (χ2v) is 3.60. The molecule has 0 spiro atoms. The number of hydrogen-bond donors (Lipinski definition) is 0. The van der Waals surface area contributed by atoms with E-state index < -0.39 is 0 Å². The lowest BCUT2D eigenvalue weighted by molar-refractivity contribution is 0.422. The highest BCUT2D eigenvalue weighted by atomic mass is 15.1. The van der Waals surface area contributed by atoms with Gasteiger partial charge in [-0.05, 0) is 30.4 Å². The summed E-state index contributed by atoms with van der Waals surface area (Å²) in [6, 6.07) is 0. The van der Waals surface area contributed by atoms with Crippen LogP contribution in [0.2, 0.25) is 0 Å². The van der Waals surface area contributed by atoms with E-state index in [-0.39, 0.29) is 0 Å². The molecule has 0 bridgehead atoms. The molecule has 2 aliphatic rings. The predicted octanol–water partition coefficient (Wildman–Crippen LogP) is 2.48. The summed E-state index contributed by atoms with van der Waals surface area (Å²) >= 11 is 0. The third kappa shape index (κ3) is 1.09. The Morgan fingerprint density at radius 1 is 1.42 bits per heavy atom. The predicted molar refractivity (Wildman–Crippen MR) is 51.8 cm³/mol. The van der Waals surface area contributed by atoms with E-state index in [1.54, 1.807) is 0 Å². The van der Waals surface area contributed by atoms with Crippen LogP contribution in [0, 0.1) is 0 Å². The van der Waals surface area contributed by atoms with Crippen LogP contribution < -0.4 is 0 Å². The SMILES string of the molecule is C=C1CCCC2=C1C=CCN2C. The third-order valence-corrected chi connectivity index (χ3v) is 2.71. The Bertz CT molecular complexity index is 271. The van der Waals surface area contributed by atoms with Crippen LogP contribution >= 0.6 is 0 Å². The first kappa shape index (κ1) is 7.66. The van der Waals surface area contributed by atoms with Gasteiger partial charge in [0.1, 0.15) is 0 Å². The summed E-state index contributed by atoms with van der Waals surface area (Å²) < 4.78 is 0. The molecule has 0 radical (unpaired) electrons. The Morgan fingerprint density at radius 3 is 3.00 bits per heavy atom. The first-order valence-corrected chi connectivity index (χ1v) is 4.58. The lowest BCUT2D eigenvalue weighted by atomic mass is 9.89. The molecule has 12 heavy (non-hydrogen) atoms. The summed E-state index contributed by atoms with van der Waals surface area (Å²) in [5.74, 6) is 0. The van der Waals surface area contributed by atoms with Crippen molar-refractivity contribution in [2.75, 3.05) is 13.6 Å². The van der Waals surface area contributed by atoms with Crippen molar-refractivity contribution in [3.8, 4) is 0 Å².